The number of ketones is 2. The average Bonchev–Trinajstić information content (AvgIpc) is 2.70. The lowest BCUT2D eigenvalue weighted by Gasteiger charge is -2.67. The molecule has 1 aliphatic heterocycles. The predicted octanol–water partition coefficient (Wildman–Crippen LogP) is 3.85. The molecule has 0 amide bonds. The normalized spacial score (nSPS) is 47.7. The van der Waals surface area contributed by atoms with Crippen LogP contribution < -0.4 is 0 Å². The Morgan fingerprint density at radius 1 is 1.12 bits per heavy atom. The van der Waals surface area contributed by atoms with Gasteiger partial charge in [-0.05, 0) is 38.0 Å². The molecule has 32 heavy (non-hydrogen) atoms. The van der Waals surface area contributed by atoms with Crippen LogP contribution in [0.3, 0.4) is 0 Å². The first-order valence-corrected chi connectivity index (χ1v) is 11.9. The van der Waals surface area contributed by atoms with E-state index in [1.54, 1.807) is 6.92 Å². The number of hydrogen-bond donors (Lipinski definition) is 1. The molecule has 0 unspecified atom stereocenters. The number of methoxy groups -OCH3 is 1. The van der Waals surface area contributed by atoms with Crippen LogP contribution in [0, 0.1) is 39.9 Å². The van der Waals surface area contributed by atoms with Gasteiger partial charge in [0.1, 0.15) is 23.1 Å². The Morgan fingerprint density at radius 3 is 2.34 bits per heavy atom. The lowest BCUT2D eigenvalue weighted by molar-refractivity contribution is -0.250. The van der Waals surface area contributed by atoms with E-state index in [1.807, 2.05) is 27.7 Å². The highest BCUT2D eigenvalue weighted by molar-refractivity contribution is 6.09. The van der Waals surface area contributed by atoms with E-state index in [4.69, 9.17) is 9.47 Å². The maximum Gasteiger partial charge on any atom is 0.316 e. The van der Waals surface area contributed by atoms with Gasteiger partial charge in [0, 0.05) is 41.1 Å². The summed E-state index contributed by atoms with van der Waals surface area (Å²) in [6, 6.07) is 0. The number of carbonyl (C=O) groups is 3. The fourth-order valence-corrected chi connectivity index (χ4v) is 8.25. The van der Waals surface area contributed by atoms with Crippen LogP contribution in [0.2, 0.25) is 0 Å². The molecule has 3 aliphatic carbocycles. The van der Waals surface area contributed by atoms with Crippen molar-refractivity contribution >= 4 is 17.5 Å². The summed E-state index contributed by atoms with van der Waals surface area (Å²) in [5.41, 5.74) is -1.57. The Kier molecular flexibility index (Phi) is 5.07. The van der Waals surface area contributed by atoms with Gasteiger partial charge in [0.2, 0.25) is 0 Å². The Labute approximate surface area is 191 Å². The summed E-state index contributed by atoms with van der Waals surface area (Å²) in [5.74, 6) is -1.07. The molecule has 0 radical (unpaired) electrons. The van der Waals surface area contributed by atoms with Gasteiger partial charge in [-0.25, -0.2) is 0 Å². The topological polar surface area (TPSA) is 89.9 Å². The second kappa shape index (κ2) is 6.91. The Hall–Kier alpha value is -1.69. The number of aliphatic hydroxyl groups excluding tert-OH is 1. The van der Waals surface area contributed by atoms with E-state index in [9.17, 15) is 19.5 Å². The third-order valence-electron chi connectivity index (χ3n) is 10.1. The van der Waals surface area contributed by atoms with Crippen molar-refractivity contribution in [2.24, 2.45) is 39.9 Å². The number of allylic oxidation sites excluding steroid dienone is 2. The minimum Gasteiger partial charge on any atom is -0.491 e. The molecule has 4 aliphatic rings. The van der Waals surface area contributed by atoms with Crippen LogP contribution in [0.5, 0.6) is 0 Å². The Bertz CT molecular complexity index is 917. The number of aliphatic hydroxyl groups is 1. The second-order valence-corrected chi connectivity index (χ2v) is 12.1. The third-order valence-corrected chi connectivity index (χ3v) is 10.1. The van der Waals surface area contributed by atoms with Gasteiger partial charge in [-0.2, -0.15) is 0 Å². The summed E-state index contributed by atoms with van der Waals surface area (Å²) < 4.78 is 11.7. The molecule has 1 heterocycles. The summed E-state index contributed by atoms with van der Waals surface area (Å²) in [6.45, 7) is 14.0. The third kappa shape index (κ3) is 2.77. The molecule has 0 aromatic carbocycles. The lowest BCUT2D eigenvalue weighted by atomic mass is 9.41. The van der Waals surface area contributed by atoms with Gasteiger partial charge >= 0.3 is 5.97 Å². The molecule has 0 bridgehead atoms. The molecule has 0 spiro atoms. The van der Waals surface area contributed by atoms with Crippen molar-refractivity contribution in [1.29, 1.82) is 0 Å². The van der Waals surface area contributed by atoms with Crippen molar-refractivity contribution in [3.05, 3.63) is 11.3 Å². The van der Waals surface area contributed by atoms with E-state index in [0.717, 1.165) is 6.42 Å². The van der Waals surface area contributed by atoms with E-state index < -0.39 is 34.4 Å². The fourth-order valence-electron chi connectivity index (χ4n) is 8.25. The number of ether oxygens (including phenoxy) is 2. The van der Waals surface area contributed by atoms with E-state index in [1.165, 1.54) is 7.11 Å². The first-order chi connectivity index (χ1) is 14.6. The van der Waals surface area contributed by atoms with Crippen molar-refractivity contribution < 1.29 is 29.0 Å². The van der Waals surface area contributed by atoms with Crippen LogP contribution in [0.4, 0.5) is 0 Å². The summed E-state index contributed by atoms with van der Waals surface area (Å²) in [4.78, 5) is 38.6. The monoisotopic (exact) mass is 446 g/mol. The van der Waals surface area contributed by atoms with Crippen LogP contribution in [-0.2, 0) is 23.9 Å². The van der Waals surface area contributed by atoms with Crippen LogP contribution in [-0.4, -0.2) is 41.5 Å². The first kappa shape index (κ1) is 23.5. The highest BCUT2D eigenvalue weighted by Gasteiger charge is 2.69. The molecule has 2 saturated carbocycles. The number of carbonyl (C=O) groups excluding carboxylic acids is 3. The van der Waals surface area contributed by atoms with Gasteiger partial charge in [-0.1, -0.05) is 34.6 Å². The largest absolute Gasteiger partial charge is 0.491 e. The zero-order valence-corrected chi connectivity index (χ0v) is 20.7. The molecule has 178 valence electrons. The summed E-state index contributed by atoms with van der Waals surface area (Å²) >= 11 is 0. The van der Waals surface area contributed by atoms with Crippen molar-refractivity contribution in [2.45, 2.75) is 85.9 Å². The molecule has 8 atom stereocenters. The summed E-state index contributed by atoms with van der Waals surface area (Å²) in [5, 5.41) is 11.3. The fraction of sp³-hybridized carbons (Fsp3) is 0.808. The zero-order valence-electron chi connectivity index (χ0n) is 20.7. The molecular weight excluding hydrogens is 408 g/mol. The van der Waals surface area contributed by atoms with Gasteiger partial charge in [-0.3, -0.25) is 14.4 Å². The molecule has 0 aromatic rings. The average molecular weight is 447 g/mol. The van der Waals surface area contributed by atoms with Crippen LogP contribution in [0.15, 0.2) is 11.3 Å². The Balaban J connectivity index is 1.85. The lowest BCUT2D eigenvalue weighted by Crippen LogP contribution is -2.68. The van der Waals surface area contributed by atoms with Crippen molar-refractivity contribution in [1.82, 2.24) is 0 Å². The van der Waals surface area contributed by atoms with Crippen LogP contribution >= 0.6 is 0 Å². The molecule has 4 rings (SSSR count). The number of fused-ring (bicyclic) bond motifs is 4. The highest BCUT2D eigenvalue weighted by Crippen LogP contribution is 2.68. The number of Topliss-reactive ketones (excluding diaryl/α,β-unsaturated/α-hetero) is 2. The van der Waals surface area contributed by atoms with Gasteiger partial charge in [-0.15, -0.1) is 0 Å². The Morgan fingerprint density at radius 2 is 1.75 bits per heavy atom. The molecular formula is C26H38O6. The van der Waals surface area contributed by atoms with E-state index in [0.29, 0.717) is 30.6 Å². The van der Waals surface area contributed by atoms with Crippen molar-refractivity contribution in [2.75, 3.05) is 7.11 Å². The molecule has 1 saturated heterocycles. The number of rotatable bonds is 1. The minimum atomic E-state index is -0.844. The number of esters is 1. The molecule has 0 aromatic heterocycles. The smallest absolute Gasteiger partial charge is 0.316 e. The second-order valence-electron chi connectivity index (χ2n) is 12.1. The molecule has 6 heteroatoms. The molecule has 1 N–H and O–H groups in total. The van der Waals surface area contributed by atoms with E-state index in [2.05, 4.69) is 13.8 Å². The van der Waals surface area contributed by atoms with Crippen molar-refractivity contribution in [3.8, 4) is 0 Å². The van der Waals surface area contributed by atoms with Gasteiger partial charge in [0.15, 0.2) is 5.78 Å². The van der Waals surface area contributed by atoms with Gasteiger partial charge in [0.25, 0.3) is 0 Å². The summed E-state index contributed by atoms with van der Waals surface area (Å²) in [7, 11) is 1.32. The van der Waals surface area contributed by atoms with Crippen LogP contribution in [0.25, 0.3) is 0 Å². The zero-order chi connectivity index (χ0) is 24.0. The minimum absolute atomic E-state index is 0.0753. The quantitative estimate of drug-likeness (QED) is 0.486. The summed E-state index contributed by atoms with van der Waals surface area (Å²) in [6.07, 6.45) is 1.70. The predicted molar refractivity (Wildman–Crippen MR) is 118 cm³/mol. The van der Waals surface area contributed by atoms with Crippen molar-refractivity contribution in [3.63, 3.8) is 0 Å². The van der Waals surface area contributed by atoms with E-state index >= 15 is 0 Å². The molecule has 6 nitrogen and oxygen atoms in total. The van der Waals surface area contributed by atoms with Gasteiger partial charge in [0.05, 0.1) is 13.2 Å². The maximum atomic E-state index is 13.1. The standard InChI is InChI=1S/C26H38O6/c1-13-19(29)18(22(30)31-8)14(2)25(6)12-16-24(5)10-9-17(28)23(3,4)20(24)15(27)11-26(16,7)32-21(13)25/h14-16,18,20,27H,9-12H2,1-8H3/t14-,15-,16-,18-,20+,24-,25+,26-/m0/s1. The molecule has 3 fully saturated rings. The highest BCUT2D eigenvalue weighted by atomic mass is 16.5. The van der Waals surface area contributed by atoms with Crippen LogP contribution in [0.1, 0.15) is 74.1 Å². The SMILES string of the molecule is COC(=O)[C@@H]1C(=O)C(C)=C2O[C@@]3(C)C[C@H](O)[C@@H]4C(C)(C)C(=O)CC[C@@]4(C)[C@@H]3C[C@]2(C)[C@H]1C. The first-order valence-electron chi connectivity index (χ1n) is 11.9. The van der Waals surface area contributed by atoms with Gasteiger partial charge < -0.3 is 14.6 Å². The van der Waals surface area contributed by atoms with E-state index in [-0.39, 0.29) is 34.7 Å². The number of hydrogen-bond acceptors (Lipinski definition) is 6. The maximum absolute atomic E-state index is 13.1.